The summed E-state index contributed by atoms with van der Waals surface area (Å²) >= 11 is 0. The molecule has 0 aliphatic carbocycles. The van der Waals surface area contributed by atoms with Crippen LogP contribution < -0.4 is 15.4 Å². The van der Waals surface area contributed by atoms with Crippen LogP contribution in [0.5, 0.6) is 5.75 Å². The molecular weight excluding hydrogens is 404 g/mol. The summed E-state index contributed by atoms with van der Waals surface area (Å²) in [5, 5.41) is 7.56. The van der Waals surface area contributed by atoms with E-state index in [0.29, 0.717) is 17.1 Å². The first-order chi connectivity index (χ1) is 15.6. The summed E-state index contributed by atoms with van der Waals surface area (Å²) in [5.74, 6) is 0.442. The van der Waals surface area contributed by atoms with Crippen molar-refractivity contribution < 1.29 is 18.7 Å². The SMILES string of the molecule is COc1ccc(C(=O)NC(=Cc2cccc3ccccc23)C(=O)NCc2ccco2)cc1. The van der Waals surface area contributed by atoms with E-state index in [4.69, 9.17) is 9.15 Å². The molecule has 0 radical (unpaired) electrons. The Hall–Kier alpha value is -4.32. The highest BCUT2D eigenvalue weighted by molar-refractivity contribution is 6.06. The van der Waals surface area contributed by atoms with E-state index in [-0.39, 0.29) is 12.2 Å². The monoisotopic (exact) mass is 426 g/mol. The molecule has 32 heavy (non-hydrogen) atoms. The predicted octanol–water partition coefficient (Wildman–Crippen LogP) is 4.53. The number of fused-ring (bicyclic) bond motifs is 1. The third-order valence-electron chi connectivity index (χ3n) is 4.97. The van der Waals surface area contributed by atoms with Crippen molar-refractivity contribution in [3.05, 3.63) is 108 Å². The van der Waals surface area contributed by atoms with Crippen LogP contribution in [0.3, 0.4) is 0 Å². The Balaban J connectivity index is 1.64. The Labute approximate surface area is 185 Å². The third kappa shape index (κ3) is 4.87. The molecule has 0 aliphatic heterocycles. The van der Waals surface area contributed by atoms with E-state index in [0.717, 1.165) is 16.3 Å². The number of furan rings is 1. The van der Waals surface area contributed by atoms with Crippen molar-refractivity contribution >= 4 is 28.7 Å². The van der Waals surface area contributed by atoms with Gasteiger partial charge in [-0.2, -0.15) is 0 Å². The standard InChI is InChI=1S/C26H22N2O4/c1-31-21-13-11-19(12-14-21)25(29)28-24(26(30)27-17-22-9-5-15-32-22)16-20-8-4-7-18-6-2-3-10-23(18)20/h2-16H,17H2,1H3,(H,27,30)(H,28,29). The Morgan fingerprint density at radius 1 is 0.938 bits per heavy atom. The quantitative estimate of drug-likeness (QED) is 0.426. The van der Waals surface area contributed by atoms with Crippen molar-refractivity contribution in [3.63, 3.8) is 0 Å². The van der Waals surface area contributed by atoms with Crippen LogP contribution in [-0.2, 0) is 11.3 Å². The second-order valence-electron chi connectivity index (χ2n) is 7.07. The van der Waals surface area contributed by atoms with Gasteiger partial charge in [0.05, 0.1) is 19.9 Å². The molecule has 6 nitrogen and oxygen atoms in total. The first-order valence-corrected chi connectivity index (χ1v) is 10.1. The number of carbonyl (C=O) groups is 2. The summed E-state index contributed by atoms with van der Waals surface area (Å²) in [6, 6.07) is 23.9. The van der Waals surface area contributed by atoms with E-state index in [1.165, 1.54) is 0 Å². The minimum Gasteiger partial charge on any atom is -0.497 e. The molecule has 6 heteroatoms. The van der Waals surface area contributed by atoms with Crippen LogP contribution in [0.2, 0.25) is 0 Å². The van der Waals surface area contributed by atoms with E-state index < -0.39 is 11.8 Å². The van der Waals surface area contributed by atoms with Gasteiger partial charge in [-0.1, -0.05) is 42.5 Å². The van der Waals surface area contributed by atoms with Crippen molar-refractivity contribution in [3.8, 4) is 5.75 Å². The number of benzene rings is 3. The van der Waals surface area contributed by atoms with Crippen molar-refractivity contribution in [2.75, 3.05) is 7.11 Å². The van der Waals surface area contributed by atoms with Crippen LogP contribution in [0.25, 0.3) is 16.8 Å². The molecule has 2 N–H and O–H groups in total. The summed E-state index contributed by atoms with van der Waals surface area (Å²) in [5.41, 5.74) is 1.36. The molecule has 0 unspecified atom stereocenters. The molecular formula is C26H22N2O4. The van der Waals surface area contributed by atoms with Crippen LogP contribution in [0.1, 0.15) is 21.7 Å². The van der Waals surface area contributed by atoms with Gasteiger partial charge in [0.25, 0.3) is 11.8 Å². The van der Waals surface area contributed by atoms with Crippen molar-refractivity contribution in [1.29, 1.82) is 0 Å². The number of rotatable bonds is 7. The smallest absolute Gasteiger partial charge is 0.268 e. The van der Waals surface area contributed by atoms with Crippen molar-refractivity contribution in [1.82, 2.24) is 10.6 Å². The van der Waals surface area contributed by atoms with Gasteiger partial charge in [-0.05, 0) is 58.8 Å². The Kier molecular flexibility index (Phi) is 6.32. The summed E-state index contributed by atoms with van der Waals surface area (Å²) < 4.78 is 10.4. The summed E-state index contributed by atoms with van der Waals surface area (Å²) in [6.45, 7) is 0.205. The van der Waals surface area contributed by atoms with Crippen LogP contribution in [0.4, 0.5) is 0 Å². The minimum absolute atomic E-state index is 0.133. The number of hydrogen-bond acceptors (Lipinski definition) is 4. The van der Waals surface area contributed by atoms with Crippen molar-refractivity contribution in [2.24, 2.45) is 0 Å². The van der Waals surface area contributed by atoms with Gasteiger partial charge >= 0.3 is 0 Å². The van der Waals surface area contributed by atoms with E-state index in [1.807, 2.05) is 42.5 Å². The maximum Gasteiger partial charge on any atom is 0.268 e. The average molecular weight is 426 g/mol. The van der Waals surface area contributed by atoms with E-state index in [2.05, 4.69) is 10.6 Å². The zero-order valence-electron chi connectivity index (χ0n) is 17.5. The highest BCUT2D eigenvalue weighted by Gasteiger charge is 2.16. The molecule has 0 fully saturated rings. The fraction of sp³-hybridized carbons (Fsp3) is 0.0769. The zero-order valence-corrected chi connectivity index (χ0v) is 17.5. The molecule has 0 bridgehead atoms. The lowest BCUT2D eigenvalue weighted by atomic mass is 10.0. The maximum absolute atomic E-state index is 13.0. The molecule has 0 saturated carbocycles. The molecule has 4 rings (SSSR count). The van der Waals surface area contributed by atoms with E-state index in [9.17, 15) is 9.59 Å². The molecule has 1 aromatic heterocycles. The summed E-state index contributed by atoms with van der Waals surface area (Å²) in [6.07, 6.45) is 3.22. The fourth-order valence-corrected chi connectivity index (χ4v) is 3.30. The predicted molar refractivity (Wildman–Crippen MR) is 123 cm³/mol. The number of amides is 2. The molecule has 2 amide bonds. The third-order valence-corrected chi connectivity index (χ3v) is 4.97. The van der Waals surface area contributed by atoms with Crippen LogP contribution in [0, 0.1) is 0 Å². The van der Waals surface area contributed by atoms with Gasteiger partial charge in [-0.25, -0.2) is 0 Å². The second-order valence-corrected chi connectivity index (χ2v) is 7.07. The van der Waals surface area contributed by atoms with Crippen LogP contribution in [-0.4, -0.2) is 18.9 Å². The first kappa shape index (κ1) is 20.9. The number of hydrogen-bond donors (Lipinski definition) is 2. The molecule has 1 heterocycles. The van der Waals surface area contributed by atoms with Gasteiger partial charge in [0.15, 0.2) is 0 Å². The summed E-state index contributed by atoms with van der Waals surface area (Å²) in [7, 11) is 1.56. The first-order valence-electron chi connectivity index (χ1n) is 10.1. The van der Waals surface area contributed by atoms with E-state index >= 15 is 0 Å². The lowest BCUT2D eigenvalue weighted by Crippen LogP contribution is -2.34. The molecule has 0 saturated heterocycles. The lowest BCUT2D eigenvalue weighted by molar-refractivity contribution is -0.118. The van der Waals surface area contributed by atoms with Gasteiger partial charge in [-0.15, -0.1) is 0 Å². The Bertz CT molecular complexity index is 1250. The number of methoxy groups -OCH3 is 1. The van der Waals surface area contributed by atoms with Gasteiger partial charge in [-0.3, -0.25) is 9.59 Å². The van der Waals surface area contributed by atoms with E-state index in [1.54, 1.807) is 55.8 Å². The Morgan fingerprint density at radius 2 is 1.72 bits per heavy atom. The minimum atomic E-state index is -0.420. The van der Waals surface area contributed by atoms with Crippen LogP contribution >= 0.6 is 0 Å². The number of ether oxygens (including phenoxy) is 1. The van der Waals surface area contributed by atoms with Gasteiger partial charge in [0.1, 0.15) is 17.2 Å². The van der Waals surface area contributed by atoms with Gasteiger partial charge in [0, 0.05) is 5.56 Å². The van der Waals surface area contributed by atoms with Crippen molar-refractivity contribution in [2.45, 2.75) is 6.54 Å². The number of carbonyl (C=O) groups excluding carboxylic acids is 2. The lowest BCUT2D eigenvalue weighted by Gasteiger charge is -2.12. The largest absolute Gasteiger partial charge is 0.497 e. The average Bonchev–Trinajstić information content (AvgIpc) is 3.36. The maximum atomic E-state index is 13.0. The van der Waals surface area contributed by atoms with Gasteiger partial charge in [0.2, 0.25) is 0 Å². The van der Waals surface area contributed by atoms with Gasteiger partial charge < -0.3 is 19.8 Å². The normalized spacial score (nSPS) is 11.2. The zero-order chi connectivity index (χ0) is 22.3. The fourth-order valence-electron chi connectivity index (χ4n) is 3.30. The Morgan fingerprint density at radius 3 is 2.47 bits per heavy atom. The topological polar surface area (TPSA) is 80.6 Å². The molecule has 3 aromatic carbocycles. The molecule has 0 spiro atoms. The highest BCUT2D eigenvalue weighted by Crippen LogP contribution is 2.21. The van der Waals surface area contributed by atoms with Crippen LogP contribution in [0.15, 0.2) is 95.2 Å². The molecule has 4 aromatic rings. The second kappa shape index (κ2) is 9.66. The molecule has 0 atom stereocenters. The summed E-state index contributed by atoms with van der Waals surface area (Å²) in [4.78, 5) is 25.8. The molecule has 0 aliphatic rings. The molecule has 160 valence electrons. The highest BCUT2D eigenvalue weighted by atomic mass is 16.5. The number of nitrogens with one attached hydrogen (secondary N) is 2.